The Labute approximate surface area is 148 Å². The number of nitrogens with one attached hydrogen (secondary N) is 1. The number of anilines is 1. The van der Waals surface area contributed by atoms with Crippen LogP contribution in [0.3, 0.4) is 0 Å². The highest BCUT2D eigenvalue weighted by molar-refractivity contribution is 9.10. The first-order valence-corrected chi connectivity index (χ1v) is 8.54. The molecule has 24 heavy (non-hydrogen) atoms. The average Bonchev–Trinajstić information content (AvgIpc) is 3.01. The minimum absolute atomic E-state index is 0.193. The first-order chi connectivity index (χ1) is 11.6. The van der Waals surface area contributed by atoms with Crippen LogP contribution in [-0.4, -0.2) is 38.5 Å². The van der Waals surface area contributed by atoms with Gasteiger partial charge < -0.3 is 25.3 Å². The van der Waals surface area contributed by atoms with Crippen LogP contribution in [-0.2, 0) is 25.5 Å². The Bertz CT molecular complexity index is 568. The second-order valence-corrected chi connectivity index (χ2v) is 6.35. The second-order valence-electron chi connectivity index (χ2n) is 5.43. The first-order valence-electron chi connectivity index (χ1n) is 7.75. The third kappa shape index (κ3) is 6.10. The summed E-state index contributed by atoms with van der Waals surface area (Å²) >= 11 is 3.32. The lowest BCUT2D eigenvalue weighted by molar-refractivity contribution is -0.141. The fourth-order valence-electron chi connectivity index (χ4n) is 1.97. The zero-order valence-electron chi connectivity index (χ0n) is 13.3. The summed E-state index contributed by atoms with van der Waals surface area (Å²) < 4.78 is 15.3. The van der Waals surface area contributed by atoms with Gasteiger partial charge in [0.2, 0.25) is 0 Å². The normalized spacial score (nSPS) is 18.8. The zero-order valence-corrected chi connectivity index (χ0v) is 14.8. The second kappa shape index (κ2) is 9.61. The fraction of sp³-hybridized carbons (Fsp3) is 0.500. The van der Waals surface area contributed by atoms with E-state index in [1.807, 2.05) is 0 Å². The quantitative estimate of drug-likeness (QED) is 0.458. The Morgan fingerprint density at radius 3 is 2.58 bits per heavy atom. The van der Waals surface area contributed by atoms with E-state index in [0.29, 0.717) is 25.3 Å². The van der Waals surface area contributed by atoms with Crippen molar-refractivity contribution in [1.29, 1.82) is 0 Å². The minimum atomic E-state index is -0.777. The van der Waals surface area contributed by atoms with Crippen molar-refractivity contribution in [3.8, 4) is 0 Å². The molecule has 0 aliphatic carbocycles. The molecule has 2 aliphatic heterocycles. The topological polar surface area (TPSA) is 99.9 Å². The number of hydrogen-bond acceptors (Lipinski definition) is 6. The van der Waals surface area contributed by atoms with E-state index in [0.717, 1.165) is 23.2 Å². The molecule has 0 bridgehead atoms. The molecule has 2 heterocycles. The molecule has 2 fully saturated rings. The number of nitrogen functional groups attached to an aromatic ring is 1. The highest BCUT2D eigenvalue weighted by Crippen LogP contribution is 2.18. The molecule has 0 radical (unpaired) electrons. The standard InChI is InChI=1S/C13H15BrN2O4.C3H6O/c14-10-1-2-11(15)9(5-10)6-16-13(18)20-12(17)8-3-4-19-7-8;1-2-4-3-1/h1-2,5,8H,3-4,6-7,15H2,(H,16,18);1-3H2. The number of esters is 1. The number of halogens is 1. The number of rotatable bonds is 3. The molecule has 1 unspecified atom stereocenters. The lowest BCUT2D eigenvalue weighted by Gasteiger charge is -2.10. The Morgan fingerprint density at radius 2 is 2.00 bits per heavy atom. The Morgan fingerprint density at radius 1 is 1.29 bits per heavy atom. The molecule has 2 aliphatic rings. The van der Waals surface area contributed by atoms with Gasteiger partial charge in [0.15, 0.2) is 0 Å². The van der Waals surface area contributed by atoms with Gasteiger partial charge in [0, 0.05) is 36.5 Å². The van der Waals surface area contributed by atoms with Crippen molar-refractivity contribution in [2.75, 3.05) is 32.2 Å². The van der Waals surface area contributed by atoms with Crippen LogP contribution >= 0.6 is 15.9 Å². The van der Waals surface area contributed by atoms with Crippen molar-refractivity contribution < 1.29 is 23.8 Å². The molecule has 132 valence electrons. The molecule has 1 aromatic rings. The third-order valence-electron chi connectivity index (χ3n) is 3.56. The van der Waals surface area contributed by atoms with E-state index in [1.54, 1.807) is 18.2 Å². The molecule has 0 spiro atoms. The Hall–Kier alpha value is -1.64. The molecule has 2 saturated heterocycles. The average molecular weight is 401 g/mol. The summed E-state index contributed by atoms with van der Waals surface area (Å²) in [5, 5.41) is 2.50. The summed E-state index contributed by atoms with van der Waals surface area (Å²) in [6, 6.07) is 5.33. The van der Waals surface area contributed by atoms with Crippen molar-refractivity contribution in [2.45, 2.75) is 19.4 Å². The zero-order chi connectivity index (χ0) is 17.4. The maximum Gasteiger partial charge on any atom is 0.415 e. The van der Waals surface area contributed by atoms with Crippen LogP contribution in [0.5, 0.6) is 0 Å². The number of carbonyl (C=O) groups is 2. The minimum Gasteiger partial charge on any atom is -0.398 e. The largest absolute Gasteiger partial charge is 0.415 e. The number of nitrogens with two attached hydrogens (primary N) is 1. The fourth-order valence-corrected chi connectivity index (χ4v) is 2.38. The molecule has 1 atom stereocenters. The Kier molecular flexibility index (Phi) is 7.48. The van der Waals surface area contributed by atoms with Crippen molar-refractivity contribution in [3.05, 3.63) is 28.2 Å². The number of benzene rings is 1. The van der Waals surface area contributed by atoms with Crippen LogP contribution in [0.25, 0.3) is 0 Å². The summed E-state index contributed by atoms with van der Waals surface area (Å²) in [7, 11) is 0. The van der Waals surface area contributed by atoms with Gasteiger partial charge in [0.1, 0.15) is 0 Å². The highest BCUT2D eigenvalue weighted by atomic mass is 79.9. The molecule has 0 saturated carbocycles. The molecule has 1 aromatic carbocycles. The molecule has 7 nitrogen and oxygen atoms in total. The van der Waals surface area contributed by atoms with Crippen LogP contribution in [0.4, 0.5) is 10.5 Å². The van der Waals surface area contributed by atoms with Crippen LogP contribution in [0.2, 0.25) is 0 Å². The molecule has 0 aromatic heterocycles. The van der Waals surface area contributed by atoms with Gasteiger partial charge in [-0.1, -0.05) is 15.9 Å². The first kappa shape index (κ1) is 18.7. The number of hydrogen-bond donors (Lipinski definition) is 2. The van der Waals surface area contributed by atoms with Crippen molar-refractivity contribution in [2.24, 2.45) is 5.92 Å². The van der Waals surface area contributed by atoms with Gasteiger partial charge in [-0.25, -0.2) is 4.79 Å². The van der Waals surface area contributed by atoms with Crippen molar-refractivity contribution >= 4 is 33.7 Å². The third-order valence-corrected chi connectivity index (χ3v) is 4.06. The Balaban J connectivity index is 0.000000454. The SMILES string of the molecule is C1COC1.Nc1ccc(Br)cc1CNC(=O)OC(=O)C1CCOC1. The predicted molar refractivity (Wildman–Crippen MR) is 91.2 cm³/mol. The van der Waals surface area contributed by atoms with Gasteiger partial charge in [-0.05, 0) is 36.6 Å². The molecular formula is C16H21BrN2O5. The molecule has 3 N–H and O–H groups in total. The van der Waals surface area contributed by atoms with Crippen molar-refractivity contribution in [3.63, 3.8) is 0 Å². The smallest absolute Gasteiger partial charge is 0.398 e. The summed E-state index contributed by atoms with van der Waals surface area (Å²) in [6.45, 7) is 3.03. The van der Waals surface area contributed by atoms with E-state index >= 15 is 0 Å². The highest BCUT2D eigenvalue weighted by Gasteiger charge is 2.26. The van der Waals surface area contributed by atoms with Crippen LogP contribution in [0.15, 0.2) is 22.7 Å². The molecular weight excluding hydrogens is 380 g/mol. The van der Waals surface area contributed by atoms with E-state index in [-0.39, 0.29) is 12.5 Å². The summed E-state index contributed by atoms with van der Waals surface area (Å²) in [4.78, 5) is 23.1. The van der Waals surface area contributed by atoms with Crippen LogP contribution in [0, 0.1) is 5.92 Å². The van der Waals surface area contributed by atoms with Gasteiger partial charge in [-0.2, -0.15) is 0 Å². The van der Waals surface area contributed by atoms with E-state index in [1.165, 1.54) is 6.42 Å². The van der Waals surface area contributed by atoms with Gasteiger partial charge in [-0.3, -0.25) is 4.79 Å². The van der Waals surface area contributed by atoms with E-state index in [9.17, 15) is 9.59 Å². The molecule has 3 rings (SSSR count). The van der Waals surface area contributed by atoms with E-state index < -0.39 is 12.1 Å². The summed E-state index contributed by atoms with van der Waals surface area (Å²) in [5.74, 6) is -0.904. The molecule has 1 amide bonds. The van der Waals surface area contributed by atoms with Gasteiger partial charge in [0.25, 0.3) is 0 Å². The lowest BCUT2D eigenvalue weighted by atomic mass is 10.1. The summed E-state index contributed by atoms with van der Waals surface area (Å²) in [5.41, 5.74) is 7.08. The maximum absolute atomic E-state index is 11.6. The number of carbonyl (C=O) groups excluding carboxylic acids is 2. The van der Waals surface area contributed by atoms with Crippen LogP contribution in [0.1, 0.15) is 18.4 Å². The lowest BCUT2D eigenvalue weighted by Crippen LogP contribution is -2.30. The maximum atomic E-state index is 11.6. The van der Waals surface area contributed by atoms with Crippen molar-refractivity contribution in [1.82, 2.24) is 5.32 Å². The van der Waals surface area contributed by atoms with Gasteiger partial charge in [-0.15, -0.1) is 0 Å². The predicted octanol–water partition coefficient (Wildman–Crippen LogP) is 2.23. The monoisotopic (exact) mass is 400 g/mol. The van der Waals surface area contributed by atoms with Gasteiger partial charge >= 0.3 is 12.1 Å². The van der Waals surface area contributed by atoms with Crippen LogP contribution < -0.4 is 11.1 Å². The molecule has 8 heteroatoms. The van der Waals surface area contributed by atoms with E-state index in [4.69, 9.17) is 19.9 Å². The number of ether oxygens (including phenoxy) is 3. The number of alkyl carbamates (subject to hydrolysis) is 1. The van der Waals surface area contributed by atoms with E-state index in [2.05, 4.69) is 21.2 Å². The van der Waals surface area contributed by atoms with Gasteiger partial charge in [0.05, 0.1) is 12.5 Å². The summed E-state index contributed by atoms with van der Waals surface area (Å²) in [6.07, 6.45) is 1.09. The number of amides is 1.